The number of likely N-dealkylation sites (N-methyl/N-ethyl adjacent to an activating group) is 1. The number of amides is 1. The van der Waals surface area contributed by atoms with Gasteiger partial charge in [-0.1, -0.05) is 17.7 Å². The Morgan fingerprint density at radius 1 is 1.35 bits per heavy atom. The average molecular weight is 397 g/mol. The molecule has 1 aromatic carbocycles. The summed E-state index contributed by atoms with van der Waals surface area (Å²) in [5.74, 6) is 0.799. The van der Waals surface area contributed by atoms with Crippen LogP contribution in [0.4, 0.5) is 0 Å². The van der Waals surface area contributed by atoms with Gasteiger partial charge in [0.25, 0.3) is 0 Å². The molecule has 0 aliphatic heterocycles. The minimum absolute atomic E-state index is 0.0168. The van der Waals surface area contributed by atoms with Gasteiger partial charge < -0.3 is 10.1 Å². The van der Waals surface area contributed by atoms with E-state index in [9.17, 15) is 4.79 Å². The Kier molecular flexibility index (Phi) is 6.62. The summed E-state index contributed by atoms with van der Waals surface area (Å²) in [5.41, 5.74) is 1.20. The van der Waals surface area contributed by atoms with E-state index in [0.29, 0.717) is 13.2 Å². The molecule has 124 valence electrons. The number of halogens is 1. The van der Waals surface area contributed by atoms with Crippen molar-refractivity contribution in [3.8, 4) is 5.75 Å². The van der Waals surface area contributed by atoms with Gasteiger partial charge in [0.05, 0.1) is 6.54 Å². The van der Waals surface area contributed by atoms with Crippen LogP contribution in [0.1, 0.15) is 16.5 Å². The average Bonchev–Trinajstić information content (AvgIpc) is 2.91. The first kappa shape index (κ1) is 18.0. The lowest BCUT2D eigenvalue weighted by molar-refractivity contribution is -0.125. The maximum absolute atomic E-state index is 12.4. The molecule has 2 aromatic rings. The Hall–Kier alpha value is -1.37. The number of hydrogen-bond donors (Lipinski definition) is 1. The van der Waals surface area contributed by atoms with Crippen LogP contribution in [0.5, 0.6) is 5.75 Å². The molecule has 0 spiro atoms. The first-order chi connectivity index (χ1) is 11.0. The second-order valence-electron chi connectivity index (χ2n) is 5.49. The maximum Gasteiger partial charge on any atom is 0.242 e. The molecule has 6 heteroatoms. The van der Waals surface area contributed by atoms with Crippen molar-refractivity contribution in [3.05, 3.63) is 50.6 Å². The zero-order valence-corrected chi connectivity index (χ0v) is 15.9. The number of ether oxygens (including phenoxy) is 1. The number of nitrogens with zero attached hydrogens (tertiary/aromatic N) is 1. The Balaban J connectivity index is 1.83. The van der Waals surface area contributed by atoms with Crippen LogP contribution in [0.2, 0.25) is 0 Å². The van der Waals surface area contributed by atoms with Crippen molar-refractivity contribution < 1.29 is 9.53 Å². The molecule has 0 aliphatic rings. The molecule has 1 amide bonds. The summed E-state index contributed by atoms with van der Waals surface area (Å²) in [5, 5.41) is 4.92. The molecule has 2 rings (SSSR count). The Bertz CT molecular complexity index is 640. The van der Waals surface area contributed by atoms with E-state index in [1.54, 1.807) is 11.3 Å². The largest absolute Gasteiger partial charge is 0.492 e. The van der Waals surface area contributed by atoms with Crippen molar-refractivity contribution in [2.45, 2.75) is 13.0 Å². The summed E-state index contributed by atoms with van der Waals surface area (Å²) in [7, 11) is 3.81. The third kappa shape index (κ3) is 5.34. The lowest BCUT2D eigenvalue weighted by Gasteiger charge is -2.22. The van der Waals surface area contributed by atoms with E-state index >= 15 is 0 Å². The molecule has 0 aliphatic carbocycles. The maximum atomic E-state index is 12.4. The van der Waals surface area contributed by atoms with Gasteiger partial charge in [-0.3, -0.25) is 9.69 Å². The van der Waals surface area contributed by atoms with Crippen LogP contribution in [0.15, 0.2) is 40.2 Å². The van der Waals surface area contributed by atoms with Crippen molar-refractivity contribution in [2.75, 3.05) is 27.2 Å². The zero-order chi connectivity index (χ0) is 16.8. The van der Waals surface area contributed by atoms with Crippen molar-refractivity contribution in [2.24, 2.45) is 0 Å². The number of benzene rings is 1. The number of nitrogens with one attached hydrogen (secondary N) is 1. The van der Waals surface area contributed by atoms with E-state index in [1.165, 1.54) is 5.56 Å². The smallest absolute Gasteiger partial charge is 0.242 e. The fourth-order valence-corrected chi connectivity index (χ4v) is 3.80. The highest BCUT2D eigenvalue weighted by atomic mass is 79.9. The third-order valence-corrected chi connectivity index (χ3v) is 5.06. The summed E-state index contributed by atoms with van der Waals surface area (Å²) in [6.45, 7) is 2.96. The second-order valence-corrected chi connectivity index (χ2v) is 7.34. The molecule has 4 nitrogen and oxygen atoms in total. The number of carbonyl (C=O) groups is 1. The Morgan fingerprint density at radius 3 is 2.61 bits per heavy atom. The van der Waals surface area contributed by atoms with Crippen molar-refractivity contribution >= 4 is 33.2 Å². The molecule has 1 unspecified atom stereocenters. The minimum Gasteiger partial charge on any atom is -0.492 e. The van der Waals surface area contributed by atoms with Gasteiger partial charge in [-0.05, 0) is 55.1 Å². The first-order valence-corrected chi connectivity index (χ1v) is 9.02. The number of aryl methyl sites for hydroxylation is 1. The van der Waals surface area contributed by atoms with Crippen molar-refractivity contribution in [1.29, 1.82) is 0 Å². The second kappa shape index (κ2) is 8.47. The molecule has 0 fully saturated rings. The number of hydrogen-bond acceptors (Lipinski definition) is 4. The lowest BCUT2D eigenvalue weighted by Crippen LogP contribution is -2.38. The molecule has 0 saturated heterocycles. The normalized spacial score (nSPS) is 12.2. The summed E-state index contributed by atoms with van der Waals surface area (Å²) in [4.78, 5) is 15.4. The molecule has 1 heterocycles. The van der Waals surface area contributed by atoms with Gasteiger partial charge in [-0.25, -0.2) is 0 Å². The van der Waals surface area contributed by atoms with Crippen LogP contribution in [0.25, 0.3) is 0 Å². The number of carbonyl (C=O) groups excluding carboxylic acids is 1. The molecule has 0 saturated carbocycles. The third-order valence-electron chi connectivity index (χ3n) is 3.31. The Labute approximate surface area is 149 Å². The van der Waals surface area contributed by atoms with Crippen LogP contribution >= 0.6 is 27.3 Å². The number of rotatable bonds is 7. The summed E-state index contributed by atoms with van der Waals surface area (Å²) in [6.07, 6.45) is 0. The van der Waals surface area contributed by atoms with E-state index in [0.717, 1.165) is 15.1 Å². The first-order valence-electron chi connectivity index (χ1n) is 7.35. The van der Waals surface area contributed by atoms with Crippen LogP contribution < -0.4 is 10.1 Å². The van der Waals surface area contributed by atoms with E-state index in [-0.39, 0.29) is 11.9 Å². The van der Waals surface area contributed by atoms with Crippen LogP contribution in [-0.4, -0.2) is 38.1 Å². The zero-order valence-electron chi connectivity index (χ0n) is 13.5. The molecule has 1 atom stereocenters. The Morgan fingerprint density at radius 2 is 2.04 bits per heavy atom. The van der Waals surface area contributed by atoms with Crippen molar-refractivity contribution in [1.82, 2.24) is 10.2 Å². The predicted octanol–water partition coefficient (Wildman–Crippen LogP) is 3.62. The summed E-state index contributed by atoms with van der Waals surface area (Å²) in [6, 6.07) is 9.57. The van der Waals surface area contributed by atoms with Gasteiger partial charge in [0.15, 0.2) is 0 Å². The van der Waals surface area contributed by atoms with Gasteiger partial charge in [-0.2, -0.15) is 0 Å². The highest BCUT2D eigenvalue weighted by Gasteiger charge is 2.24. The molecule has 23 heavy (non-hydrogen) atoms. The number of thiophene rings is 1. The van der Waals surface area contributed by atoms with E-state index in [1.807, 2.05) is 61.6 Å². The predicted molar refractivity (Wildman–Crippen MR) is 98.1 cm³/mol. The lowest BCUT2D eigenvalue weighted by atomic mass is 10.2. The SMILES string of the molecule is Cc1ccc(OCCNC(=O)C(c2cc(Br)cs2)N(C)C)cc1. The fourth-order valence-electron chi connectivity index (χ4n) is 2.16. The highest BCUT2D eigenvalue weighted by Crippen LogP contribution is 2.28. The fraction of sp³-hybridized carbons (Fsp3) is 0.353. The van der Waals surface area contributed by atoms with Gasteiger partial charge >= 0.3 is 0 Å². The van der Waals surface area contributed by atoms with Gasteiger partial charge in [0, 0.05) is 14.7 Å². The van der Waals surface area contributed by atoms with Crippen LogP contribution in [0.3, 0.4) is 0 Å². The monoisotopic (exact) mass is 396 g/mol. The van der Waals surface area contributed by atoms with Crippen LogP contribution in [0, 0.1) is 6.92 Å². The molecule has 0 radical (unpaired) electrons. The minimum atomic E-state index is -0.286. The summed E-state index contributed by atoms with van der Waals surface area (Å²) >= 11 is 5.00. The van der Waals surface area contributed by atoms with E-state index in [4.69, 9.17) is 4.74 Å². The van der Waals surface area contributed by atoms with Gasteiger partial charge in [0.1, 0.15) is 18.4 Å². The summed E-state index contributed by atoms with van der Waals surface area (Å²) < 4.78 is 6.63. The molecule has 1 aromatic heterocycles. The standard InChI is InChI=1S/C17H21BrN2O2S/c1-12-4-6-14(7-5-12)22-9-8-19-17(21)16(20(2)3)15-10-13(18)11-23-15/h4-7,10-11,16H,8-9H2,1-3H3,(H,19,21). The molecule has 0 bridgehead atoms. The molecular formula is C17H21BrN2O2S. The van der Waals surface area contributed by atoms with Gasteiger partial charge in [0.2, 0.25) is 5.91 Å². The van der Waals surface area contributed by atoms with Crippen LogP contribution in [-0.2, 0) is 4.79 Å². The quantitative estimate of drug-likeness (QED) is 0.726. The van der Waals surface area contributed by atoms with E-state index in [2.05, 4.69) is 21.2 Å². The van der Waals surface area contributed by atoms with E-state index < -0.39 is 0 Å². The molecule has 1 N–H and O–H groups in total. The topological polar surface area (TPSA) is 41.6 Å². The highest BCUT2D eigenvalue weighted by molar-refractivity contribution is 9.10. The van der Waals surface area contributed by atoms with Crippen molar-refractivity contribution in [3.63, 3.8) is 0 Å². The van der Waals surface area contributed by atoms with Gasteiger partial charge in [-0.15, -0.1) is 11.3 Å². The molecular weight excluding hydrogens is 376 g/mol.